The van der Waals surface area contributed by atoms with Gasteiger partial charge in [-0.2, -0.15) is 27.8 Å². The van der Waals surface area contributed by atoms with Crippen molar-refractivity contribution < 1.29 is 32.6 Å². The van der Waals surface area contributed by atoms with Crippen LogP contribution in [0, 0.1) is 0 Å². The summed E-state index contributed by atoms with van der Waals surface area (Å²) in [4.78, 5) is 56.0. The molecule has 1 saturated heterocycles. The molecule has 55 heavy (non-hydrogen) atoms. The predicted octanol–water partition coefficient (Wildman–Crippen LogP) is 4.99. The summed E-state index contributed by atoms with van der Waals surface area (Å²) < 4.78 is 50.6. The number of pyridine rings is 1. The van der Waals surface area contributed by atoms with Crippen LogP contribution in [0.1, 0.15) is 53.2 Å². The Morgan fingerprint density at radius 3 is 2.45 bits per heavy atom. The highest BCUT2D eigenvalue weighted by atomic mass is 35.5. The molecule has 282 valence electrons. The lowest BCUT2D eigenvalue weighted by Gasteiger charge is -2.39. The number of aromatic hydroxyl groups is 1. The number of fused-ring (bicyclic) bond motifs is 3. The van der Waals surface area contributed by atoms with Gasteiger partial charge in [0.15, 0.2) is 17.3 Å². The van der Waals surface area contributed by atoms with E-state index >= 15 is 0 Å². The lowest BCUT2D eigenvalue weighted by molar-refractivity contribution is -0.137. The van der Waals surface area contributed by atoms with E-state index in [0.29, 0.717) is 17.1 Å². The smallest absolute Gasteiger partial charge is 0.416 e. The van der Waals surface area contributed by atoms with Crippen LogP contribution in [0.3, 0.4) is 0 Å². The van der Waals surface area contributed by atoms with E-state index < -0.39 is 47.4 Å². The first-order chi connectivity index (χ1) is 26.2. The Labute approximate surface area is 314 Å². The van der Waals surface area contributed by atoms with Gasteiger partial charge in [-0.3, -0.25) is 14.4 Å². The summed E-state index contributed by atoms with van der Waals surface area (Å²) in [6.07, 6.45) is -2.13. The van der Waals surface area contributed by atoms with Crippen molar-refractivity contribution in [2.45, 2.75) is 44.2 Å². The van der Waals surface area contributed by atoms with Gasteiger partial charge >= 0.3 is 6.18 Å². The van der Waals surface area contributed by atoms with Gasteiger partial charge in [0.2, 0.25) is 11.7 Å². The Kier molecular flexibility index (Phi) is 8.68. The van der Waals surface area contributed by atoms with Gasteiger partial charge in [0.05, 0.1) is 33.6 Å². The molecule has 15 nitrogen and oxygen atoms in total. The molecule has 6 aromatic rings. The van der Waals surface area contributed by atoms with E-state index in [1.54, 1.807) is 30.8 Å². The van der Waals surface area contributed by atoms with E-state index in [0.717, 1.165) is 28.3 Å². The fraction of sp³-hybridized carbons (Fsp3) is 0.278. The Morgan fingerprint density at radius 1 is 1.07 bits per heavy atom. The minimum Gasteiger partial charge on any atom is -0.505 e. The number of anilines is 1. The maximum Gasteiger partial charge on any atom is 0.416 e. The topological polar surface area (TPSA) is 175 Å². The molecule has 6 heterocycles. The zero-order valence-corrected chi connectivity index (χ0v) is 29.8. The van der Waals surface area contributed by atoms with Crippen LogP contribution in [-0.2, 0) is 34.9 Å². The fourth-order valence-corrected chi connectivity index (χ4v) is 7.49. The number of halogens is 4. The van der Waals surface area contributed by atoms with Gasteiger partial charge < -0.3 is 24.6 Å². The monoisotopic (exact) mass is 774 g/mol. The van der Waals surface area contributed by atoms with Gasteiger partial charge in [0.1, 0.15) is 24.2 Å². The Bertz CT molecular complexity index is 2560. The number of piperidine rings is 1. The molecule has 19 heteroatoms. The molecular weight excluding hydrogens is 745 g/mol. The zero-order chi connectivity index (χ0) is 38.8. The second-order valence-corrected chi connectivity index (χ2v) is 13.6. The highest BCUT2D eigenvalue weighted by molar-refractivity contribution is 6.33. The summed E-state index contributed by atoms with van der Waals surface area (Å²) in [6.45, 7) is 1.61. The number of aryl methyl sites for hydroxylation is 1. The molecule has 8 rings (SSSR count). The highest BCUT2D eigenvalue weighted by Crippen LogP contribution is 2.48. The van der Waals surface area contributed by atoms with E-state index in [4.69, 9.17) is 21.3 Å². The van der Waals surface area contributed by atoms with Gasteiger partial charge in [-0.05, 0) is 50.1 Å². The Morgan fingerprint density at radius 2 is 1.80 bits per heavy atom. The van der Waals surface area contributed by atoms with E-state index in [1.165, 1.54) is 34.1 Å². The van der Waals surface area contributed by atoms with Crippen LogP contribution in [0.25, 0.3) is 28.6 Å². The lowest BCUT2D eigenvalue weighted by atomic mass is 9.85. The number of carbonyl (C=O) groups excluding carboxylic acids is 2. The van der Waals surface area contributed by atoms with Crippen molar-refractivity contribution in [3.8, 4) is 28.5 Å². The molecule has 0 saturated carbocycles. The summed E-state index contributed by atoms with van der Waals surface area (Å²) >= 11 is 6.15. The van der Waals surface area contributed by atoms with E-state index in [2.05, 4.69) is 25.5 Å². The molecule has 0 unspecified atom stereocenters. The number of alkyl halides is 3. The molecule has 0 radical (unpaired) electrons. The zero-order valence-electron chi connectivity index (χ0n) is 29.1. The van der Waals surface area contributed by atoms with Gasteiger partial charge in [-0.15, -0.1) is 5.10 Å². The van der Waals surface area contributed by atoms with Crippen molar-refractivity contribution >= 4 is 34.9 Å². The first-order valence-electron chi connectivity index (χ1n) is 17.0. The van der Waals surface area contributed by atoms with Crippen molar-refractivity contribution in [2.24, 2.45) is 7.05 Å². The first kappa shape index (κ1) is 35.9. The van der Waals surface area contributed by atoms with Crippen LogP contribution in [0.15, 0.2) is 71.9 Å². The van der Waals surface area contributed by atoms with Gasteiger partial charge in [0, 0.05) is 37.5 Å². The second kappa shape index (κ2) is 13.3. The Hall–Kier alpha value is -6.14. The third-order valence-corrected chi connectivity index (χ3v) is 10.2. The fourth-order valence-electron chi connectivity index (χ4n) is 7.26. The van der Waals surface area contributed by atoms with Crippen molar-refractivity contribution in [3.05, 3.63) is 105 Å². The number of likely N-dealkylation sites (tertiary alicyclic amines) is 1. The van der Waals surface area contributed by atoms with Crippen LogP contribution >= 0.6 is 11.6 Å². The molecule has 1 atom stereocenters. The van der Waals surface area contributed by atoms with Gasteiger partial charge in [-0.1, -0.05) is 35.9 Å². The van der Waals surface area contributed by atoms with Crippen molar-refractivity contribution in [1.29, 1.82) is 0 Å². The Balaban J connectivity index is 1.18. The van der Waals surface area contributed by atoms with E-state index in [1.807, 2.05) is 12.1 Å². The van der Waals surface area contributed by atoms with Crippen LogP contribution in [0.5, 0.6) is 5.75 Å². The summed E-state index contributed by atoms with van der Waals surface area (Å²) in [6, 6.07) is 12.6. The third kappa shape index (κ3) is 6.25. The number of carbonyl (C=O) groups is 2. The quantitative estimate of drug-likeness (QED) is 0.235. The maximum atomic E-state index is 14.5. The standard InChI is InChI=1S/C36H30ClF3N10O5/c1-19-29-27(35(55-19)11-14-48(15-12-35)33(54)28-25(51)4-3-13-41-28)32(53)50-34(45-30(46-50)20-5-7-21(8-6-20)31-42-18-43-47(31)2)49(29)17-26(52)44-24-10-9-22(16-23(24)37)36(38,39)40/h3-10,13,16,18-19,51H,11-12,14-15,17H2,1-2H3,(H,44,52)/t19-/m1/s1. The SMILES string of the molecule is C[C@H]1OC2(CCN(C(=O)c3ncccc3O)CC2)c2c1n(CC(=O)Nc1ccc(C(F)(F)F)cc1Cl)c1nc(-c3ccc(-c4ncnn4C)cc3)nn1c2=O. The third-order valence-electron chi connectivity index (χ3n) is 9.86. The molecule has 2 aromatic carbocycles. The van der Waals surface area contributed by atoms with Crippen molar-refractivity contribution in [3.63, 3.8) is 0 Å². The van der Waals surface area contributed by atoms with Crippen LogP contribution in [0.2, 0.25) is 5.02 Å². The van der Waals surface area contributed by atoms with Crippen molar-refractivity contribution in [2.75, 3.05) is 18.4 Å². The van der Waals surface area contributed by atoms with Crippen LogP contribution < -0.4 is 10.9 Å². The molecule has 1 fully saturated rings. The molecule has 1 spiro atoms. The number of aromatic nitrogens is 8. The number of hydrogen-bond donors (Lipinski definition) is 2. The molecule has 2 aliphatic heterocycles. The average Bonchev–Trinajstić information content (AvgIpc) is 3.87. The number of nitrogens with one attached hydrogen (secondary N) is 1. The molecule has 0 bridgehead atoms. The number of ether oxygens (including phenoxy) is 1. The van der Waals surface area contributed by atoms with Gasteiger partial charge in [-0.25, -0.2) is 14.6 Å². The number of benzene rings is 2. The summed E-state index contributed by atoms with van der Waals surface area (Å²) in [5.41, 5.74) is -0.865. The van der Waals surface area contributed by atoms with Crippen LogP contribution in [-0.4, -0.2) is 73.8 Å². The molecule has 2 amide bonds. The largest absolute Gasteiger partial charge is 0.505 e. The molecule has 2 aliphatic rings. The summed E-state index contributed by atoms with van der Waals surface area (Å²) in [5.74, 6) is -0.560. The molecule has 2 N–H and O–H groups in total. The summed E-state index contributed by atoms with van der Waals surface area (Å²) in [5, 5.41) is 21.2. The predicted molar refractivity (Wildman–Crippen MR) is 190 cm³/mol. The molecule has 4 aromatic heterocycles. The second-order valence-electron chi connectivity index (χ2n) is 13.2. The molecule has 0 aliphatic carbocycles. The highest BCUT2D eigenvalue weighted by Gasteiger charge is 2.50. The number of hydrogen-bond acceptors (Lipinski definition) is 10. The lowest BCUT2D eigenvalue weighted by Crippen LogP contribution is -2.47. The number of nitrogens with zero attached hydrogens (tertiary/aromatic N) is 9. The minimum atomic E-state index is -4.63. The van der Waals surface area contributed by atoms with Crippen molar-refractivity contribution in [1.82, 2.24) is 43.8 Å². The van der Waals surface area contributed by atoms with Gasteiger partial charge in [0.25, 0.3) is 11.5 Å². The van der Waals surface area contributed by atoms with E-state index in [-0.39, 0.29) is 65.3 Å². The van der Waals surface area contributed by atoms with E-state index in [9.17, 15) is 32.7 Å². The minimum absolute atomic E-state index is 0.0236. The molecular formula is C36H30ClF3N10O5. The first-order valence-corrected chi connectivity index (χ1v) is 17.4. The summed E-state index contributed by atoms with van der Waals surface area (Å²) in [7, 11) is 1.76. The maximum absolute atomic E-state index is 14.5. The number of rotatable bonds is 6. The van der Waals surface area contributed by atoms with Crippen LogP contribution in [0.4, 0.5) is 18.9 Å². The number of amides is 2. The average molecular weight is 775 g/mol. The normalized spacial score (nSPS) is 16.5.